The minimum atomic E-state index is -0.0969. The highest BCUT2D eigenvalue weighted by atomic mass is 35.5. The molecule has 0 aromatic carbocycles. The zero-order valence-electron chi connectivity index (χ0n) is 8.24. The summed E-state index contributed by atoms with van der Waals surface area (Å²) in [6.45, 7) is 2.13. The van der Waals surface area contributed by atoms with Gasteiger partial charge < -0.3 is 5.32 Å². The Hall–Kier alpha value is -1.13. The number of nitrogens with zero attached hydrogens (tertiary/aromatic N) is 2. The highest BCUT2D eigenvalue weighted by Crippen LogP contribution is 2.19. The molecule has 1 N–H and O–H groups in total. The third-order valence-electron chi connectivity index (χ3n) is 2.37. The van der Waals surface area contributed by atoms with Crippen molar-refractivity contribution in [1.82, 2.24) is 10.3 Å². The van der Waals surface area contributed by atoms with E-state index in [9.17, 15) is 4.79 Å². The SMILES string of the molecule is O=C(CCl)N1CCNCc2cccnc21. The first kappa shape index (κ1) is 10.4. The average Bonchev–Trinajstić information content (AvgIpc) is 2.50. The monoisotopic (exact) mass is 225 g/mol. The molecule has 1 aliphatic heterocycles. The summed E-state index contributed by atoms with van der Waals surface area (Å²) in [5.74, 6) is 0.629. The summed E-state index contributed by atoms with van der Waals surface area (Å²) in [6.07, 6.45) is 1.69. The first-order valence-electron chi connectivity index (χ1n) is 4.84. The maximum atomic E-state index is 11.6. The Labute approximate surface area is 93.2 Å². The predicted molar refractivity (Wildman–Crippen MR) is 59.0 cm³/mol. The number of hydrogen-bond donors (Lipinski definition) is 1. The van der Waals surface area contributed by atoms with Gasteiger partial charge in [0.05, 0.1) is 0 Å². The van der Waals surface area contributed by atoms with E-state index in [1.165, 1.54) is 0 Å². The Balaban J connectivity index is 2.37. The minimum absolute atomic E-state index is 0.00395. The number of amides is 1. The third-order valence-corrected chi connectivity index (χ3v) is 2.59. The summed E-state index contributed by atoms with van der Waals surface area (Å²) in [5.41, 5.74) is 1.04. The molecule has 1 aromatic rings. The first-order valence-corrected chi connectivity index (χ1v) is 5.37. The lowest BCUT2D eigenvalue weighted by molar-refractivity contribution is -0.116. The molecule has 4 nitrogen and oxygen atoms in total. The van der Waals surface area contributed by atoms with E-state index in [0.717, 1.165) is 24.5 Å². The lowest BCUT2D eigenvalue weighted by atomic mass is 10.2. The molecule has 1 aromatic heterocycles. The number of hydrogen-bond acceptors (Lipinski definition) is 3. The van der Waals surface area contributed by atoms with Crippen LogP contribution in [0.25, 0.3) is 0 Å². The van der Waals surface area contributed by atoms with Crippen LogP contribution in [-0.2, 0) is 11.3 Å². The van der Waals surface area contributed by atoms with Crippen LogP contribution in [0.15, 0.2) is 18.3 Å². The molecule has 0 radical (unpaired) electrons. The van der Waals surface area contributed by atoms with Crippen LogP contribution in [0.4, 0.5) is 5.82 Å². The lowest BCUT2D eigenvalue weighted by Crippen LogP contribution is -2.36. The van der Waals surface area contributed by atoms with E-state index in [2.05, 4.69) is 10.3 Å². The van der Waals surface area contributed by atoms with Gasteiger partial charge in [0.25, 0.3) is 0 Å². The molecule has 0 spiro atoms. The smallest absolute Gasteiger partial charge is 0.243 e. The minimum Gasteiger partial charge on any atom is -0.311 e. The molecule has 1 amide bonds. The Morgan fingerprint density at radius 3 is 3.33 bits per heavy atom. The van der Waals surface area contributed by atoms with E-state index >= 15 is 0 Å². The number of nitrogens with one attached hydrogen (secondary N) is 1. The van der Waals surface area contributed by atoms with Crippen LogP contribution >= 0.6 is 11.6 Å². The molecule has 0 saturated carbocycles. The van der Waals surface area contributed by atoms with E-state index < -0.39 is 0 Å². The zero-order chi connectivity index (χ0) is 10.7. The number of anilines is 1. The van der Waals surface area contributed by atoms with Crippen molar-refractivity contribution in [1.29, 1.82) is 0 Å². The van der Waals surface area contributed by atoms with Crippen molar-refractivity contribution in [3.63, 3.8) is 0 Å². The number of pyridine rings is 1. The van der Waals surface area contributed by atoms with Gasteiger partial charge in [0.15, 0.2) is 0 Å². The molecule has 0 unspecified atom stereocenters. The third kappa shape index (κ3) is 2.11. The van der Waals surface area contributed by atoms with Crippen molar-refractivity contribution < 1.29 is 4.79 Å². The Bertz CT molecular complexity index is 369. The molecular formula is C10H12ClN3O. The normalized spacial score (nSPS) is 15.7. The number of rotatable bonds is 1. The topological polar surface area (TPSA) is 45.2 Å². The fourth-order valence-electron chi connectivity index (χ4n) is 1.65. The number of carbonyl (C=O) groups is 1. The van der Waals surface area contributed by atoms with Crippen LogP contribution < -0.4 is 10.2 Å². The first-order chi connectivity index (χ1) is 7.33. The summed E-state index contributed by atoms with van der Waals surface area (Å²) in [5, 5.41) is 3.24. The zero-order valence-corrected chi connectivity index (χ0v) is 9.00. The van der Waals surface area contributed by atoms with Crippen LogP contribution in [0.5, 0.6) is 0 Å². The predicted octanol–water partition coefficient (Wildman–Crippen LogP) is 0.757. The largest absolute Gasteiger partial charge is 0.311 e. The fourth-order valence-corrected chi connectivity index (χ4v) is 1.79. The van der Waals surface area contributed by atoms with Crippen LogP contribution in [0.1, 0.15) is 5.56 Å². The second-order valence-corrected chi connectivity index (χ2v) is 3.61. The number of carbonyl (C=O) groups excluding carboxylic acids is 1. The van der Waals surface area contributed by atoms with Crippen molar-refractivity contribution in [2.24, 2.45) is 0 Å². The molecule has 0 saturated heterocycles. The molecule has 0 bridgehead atoms. The van der Waals surface area contributed by atoms with Crippen molar-refractivity contribution >= 4 is 23.3 Å². The molecule has 2 rings (SSSR count). The van der Waals surface area contributed by atoms with Gasteiger partial charge in [-0.2, -0.15) is 0 Å². The fraction of sp³-hybridized carbons (Fsp3) is 0.400. The van der Waals surface area contributed by atoms with Crippen molar-refractivity contribution in [3.05, 3.63) is 23.9 Å². The van der Waals surface area contributed by atoms with E-state index in [0.29, 0.717) is 6.54 Å². The Kier molecular flexibility index (Phi) is 3.18. The lowest BCUT2D eigenvalue weighted by Gasteiger charge is -2.19. The summed E-state index contributed by atoms with van der Waals surface area (Å²) >= 11 is 5.57. The molecule has 0 atom stereocenters. The quantitative estimate of drug-likeness (QED) is 0.718. The molecule has 15 heavy (non-hydrogen) atoms. The Morgan fingerprint density at radius 2 is 2.53 bits per heavy atom. The second-order valence-electron chi connectivity index (χ2n) is 3.34. The van der Waals surface area contributed by atoms with Gasteiger partial charge in [0.2, 0.25) is 5.91 Å². The number of fused-ring (bicyclic) bond motifs is 1. The molecule has 0 aliphatic carbocycles. The standard InChI is InChI=1S/C10H12ClN3O/c11-6-9(15)14-5-4-12-7-8-2-1-3-13-10(8)14/h1-3,12H,4-7H2. The van der Waals surface area contributed by atoms with Gasteiger partial charge in [-0.05, 0) is 6.07 Å². The van der Waals surface area contributed by atoms with Crippen molar-refractivity contribution in [2.45, 2.75) is 6.54 Å². The maximum absolute atomic E-state index is 11.6. The maximum Gasteiger partial charge on any atom is 0.243 e. The van der Waals surface area contributed by atoms with E-state index in [4.69, 9.17) is 11.6 Å². The number of alkyl halides is 1. The van der Waals surface area contributed by atoms with Gasteiger partial charge in [-0.1, -0.05) is 6.07 Å². The van der Waals surface area contributed by atoms with E-state index in [1.807, 2.05) is 12.1 Å². The van der Waals surface area contributed by atoms with Crippen LogP contribution in [0.3, 0.4) is 0 Å². The molecule has 0 fully saturated rings. The highest BCUT2D eigenvalue weighted by molar-refractivity contribution is 6.29. The van der Waals surface area contributed by atoms with E-state index in [-0.39, 0.29) is 11.8 Å². The molecule has 80 valence electrons. The molecular weight excluding hydrogens is 214 g/mol. The summed E-state index contributed by atoms with van der Waals surface area (Å²) in [4.78, 5) is 17.5. The average molecular weight is 226 g/mol. The van der Waals surface area contributed by atoms with Gasteiger partial charge in [0, 0.05) is 31.4 Å². The number of halogens is 1. The summed E-state index contributed by atoms with van der Waals surface area (Å²) in [7, 11) is 0. The second kappa shape index (κ2) is 4.59. The molecule has 1 aliphatic rings. The Morgan fingerprint density at radius 1 is 1.67 bits per heavy atom. The molecule has 2 heterocycles. The summed E-state index contributed by atoms with van der Waals surface area (Å²) in [6, 6.07) is 3.84. The van der Waals surface area contributed by atoms with E-state index in [1.54, 1.807) is 11.1 Å². The van der Waals surface area contributed by atoms with Crippen LogP contribution in [-0.4, -0.2) is 29.9 Å². The molecule has 5 heteroatoms. The summed E-state index contributed by atoms with van der Waals surface area (Å²) < 4.78 is 0. The van der Waals surface area contributed by atoms with Crippen molar-refractivity contribution in [3.8, 4) is 0 Å². The van der Waals surface area contributed by atoms with Gasteiger partial charge in [0.1, 0.15) is 11.7 Å². The number of aromatic nitrogens is 1. The van der Waals surface area contributed by atoms with Gasteiger partial charge in [-0.3, -0.25) is 9.69 Å². The van der Waals surface area contributed by atoms with Crippen molar-refractivity contribution in [2.75, 3.05) is 23.9 Å². The van der Waals surface area contributed by atoms with Gasteiger partial charge >= 0.3 is 0 Å². The van der Waals surface area contributed by atoms with Gasteiger partial charge in [-0.15, -0.1) is 11.6 Å². The van der Waals surface area contributed by atoms with Crippen LogP contribution in [0, 0.1) is 0 Å². The van der Waals surface area contributed by atoms with Gasteiger partial charge in [-0.25, -0.2) is 4.98 Å². The highest BCUT2D eigenvalue weighted by Gasteiger charge is 2.20. The van der Waals surface area contributed by atoms with Crippen LogP contribution in [0.2, 0.25) is 0 Å².